The monoisotopic (exact) mass is 430 g/mol. The lowest BCUT2D eigenvalue weighted by Crippen LogP contribution is -2.47. The molecule has 0 saturated heterocycles. The van der Waals surface area contributed by atoms with E-state index in [-0.39, 0.29) is 5.41 Å². The Morgan fingerprint density at radius 1 is 0.969 bits per heavy atom. The van der Waals surface area contributed by atoms with Crippen LogP contribution in [-0.4, -0.2) is 21.7 Å². The van der Waals surface area contributed by atoms with Gasteiger partial charge in [0.2, 0.25) is 5.89 Å². The van der Waals surface area contributed by atoms with Crippen LogP contribution in [-0.2, 0) is 5.41 Å². The molecule has 6 nitrogen and oxygen atoms in total. The lowest BCUT2D eigenvalue weighted by atomic mass is 9.53. The van der Waals surface area contributed by atoms with Gasteiger partial charge in [-0.1, -0.05) is 17.3 Å². The van der Waals surface area contributed by atoms with Gasteiger partial charge in [-0.25, -0.2) is 4.98 Å². The molecular formula is C26H30N4O2. The van der Waals surface area contributed by atoms with Crippen LogP contribution in [0.4, 0.5) is 5.69 Å². The molecule has 0 radical (unpaired) electrons. The molecule has 32 heavy (non-hydrogen) atoms. The molecule has 8 rings (SSSR count). The molecule has 3 aromatic rings. The Labute approximate surface area is 188 Å². The normalized spacial score (nSPS) is 29.4. The van der Waals surface area contributed by atoms with Crippen molar-refractivity contribution in [3.63, 3.8) is 0 Å². The number of fused-ring (bicyclic) bond motifs is 3. The quantitative estimate of drug-likeness (QED) is 0.482. The Bertz CT molecular complexity index is 1120. The van der Waals surface area contributed by atoms with Crippen molar-refractivity contribution < 1.29 is 8.94 Å². The molecule has 0 spiro atoms. The van der Waals surface area contributed by atoms with Crippen LogP contribution in [0.5, 0.6) is 0 Å². The van der Waals surface area contributed by atoms with E-state index in [2.05, 4.69) is 39.7 Å². The summed E-state index contributed by atoms with van der Waals surface area (Å²) in [5.74, 6) is 4.75. The molecule has 5 saturated carbocycles. The molecule has 166 valence electrons. The number of hydrogen-bond acceptors (Lipinski definition) is 6. The fourth-order valence-electron chi connectivity index (χ4n) is 5.82. The molecule has 5 aliphatic carbocycles. The maximum Gasteiger partial charge on any atom is 0.232 e. The lowest BCUT2D eigenvalue weighted by molar-refractivity contribution is 0.0322. The van der Waals surface area contributed by atoms with Crippen LogP contribution in [0.1, 0.15) is 93.6 Å². The number of anilines is 1. The summed E-state index contributed by atoms with van der Waals surface area (Å²) < 4.78 is 11.8. The summed E-state index contributed by atoms with van der Waals surface area (Å²) in [5.41, 5.74) is 2.77. The zero-order chi connectivity index (χ0) is 21.2. The van der Waals surface area contributed by atoms with Gasteiger partial charge in [-0.05, 0) is 81.8 Å². The molecule has 0 amide bonds. The van der Waals surface area contributed by atoms with E-state index >= 15 is 0 Å². The average Bonchev–Trinajstić information content (AvgIpc) is 3.78. The maximum absolute atomic E-state index is 6.01. The van der Waals surface area contributed by atoms with E-state index in [0.29, 0.717) is 17.3 Å². The number of nitrogens with one attached hydrogen (secondary N) is 1. The Morgan fingerprint density at radius 3 is 2.50 bits per heavy atom. The number of nitrogens with zero attached hydrogens (tertiary/aromatic N) is 3. The van der Waals surface area contributed by atoms with Crippen molar-refractivity contribution in [2.24, 2.45) is 5.41 Å². The van der Waals surface area contributed by atoms with Gasteiger partial charge in [0, 0.05) is 35.0 Å². The topological polar surface area (TPSA) is 77.0 Å². The summed E-state index contributed by atoms with van der Waals surface area (Å²) >= 11 is 0. The fraction of sp³-hybridized carbons (Fsp3) is 0.577. The number of oxazole rings is 1. The highest BCUT2D eigenvalue weighted by atomic mass is 16.5. The predicted molar refractivity (Wildman–Crippen MR) is 120 cm³/mol. The first-order valence-electron chi connectivity index (χ1n) is 12.3. The molecule has 0 atom stereocenters. The lowest BCUT2D eigenvalue weighted by Gasteiger charge is -2.52. The number of benzene rings is 1. The standard InChI is InChI=1S/C26H30N4O2/c1-2-19(21-15-27-23(31-21)18-6-7-18)14-20(3-1)28-16-25-8-11-26(12-9-25,13-10-25)24-29-22(30-32-24)17-4-5-17/h1-3,14-15,17-18,28H,4-13,16H2. The summed E-state index contributed by atoms with van der Waals surface area (Å²) in [7, 11) is 0. The first-order valence-corrected chi connectivity index (χ1v) is 12.3. The molecule has 6 heteroatoms. The highest BCUT2D eigenvalue weighted by Gasteiger charge is 2.52. The van der Waals surface area contributed by atoms with Gasteiger partial charge in [0.25, 0.3) is 0 Å². The average molecular weight is 431 g/mol. The highest BCUT2D eigenvalue weighted by Crippen LogP contribution is 2.57. The Balaban J connectivity index is 1.02. The Morgan fingerprint density at radius 2 is 1.75 bits per heavy atom. The highest BCUT2D eigenvalue weighted by molar-refractivity contribution is 5.63. The molecule has 2 heterocycles. The molecule has 0 aliphatic heterocycles. The van der Waals surface area contributed by atoms with E-state index in [1.54, 1.807) is 0 Å². The number of hydrogen-bond donors (Lipinski definition) is 1. The van der Waals surface area contributed by atoms with Crippen LogP contribution in [0, 0.1) is 5.41 Å². The van der Waals surface area contributed by atoms with Crippen molar-refractivity contribution in [2.75, 3.05) is 11.9 Å². The van der Waals surface area contributed by atoms with Crippen LogP contribution < -0.4 is 5.32 Å². The van der Waals surface area contributed by atoms with E-state index in [0.717, 1.165) is 41.2 Å². The van der Waals surface area contributed by atoms with Crippen molar-refractivity contribution in [1.29, 1.82) is 0 Å². The summed E-state index contributed by atoms with van der Waals surface area (Å²) in [6.45, 7) is 1.02. The summed E-state index contributed by atoms with van der Waals surface area (Å²) in [6, 6.07) is 8.57. The van der Waals surface area contributed by atoms with Crippen molar-refractivity contribution in [3.8, 4) is 11.3 Å². The van der Waals surface area contributed by atoms with Crippen LogP contribution in [0.15, 0.2) is 39.4 Å². The predicted octanol–water partition coefficient (Wildman–Crippen LogP) is 6.18. The van der Waals surface area contributed by atoms with Gasteiger partial charge in [0.05, 0.1) is 6.20 Å². The zero-order valence-electron chi connectivity index (χ0n) is 18.5. The van der Waals surface area contributed by atoms with Crippen LogP contribution in [0.3, 0.4) is 0 Å². The van der Waals surface area contributed by atoms with Gasteiger partial charge >= 0.3 is 0 Å². The SMILES string of the molecule is c1cc(NCC23CCC(c4nc(C5CC5)no4)(CC2)CC3)cc(-c2cnc(C3CC3)o2)c1. The molecular weight excluding hydrogens is 400 g/mol. The van der Waals surface area contributed by atoms with Crippen LogP contribution in [0.2, 0.25) is 0 Å². The maximum atomic E-state index is 6.01. The Kier molecular flexibility index (Phi) is 4.09. The minimum atomic E-state index is 0.132. The van der Waals surface area contributed by atoms with E-state index < -0.39 is 0 Å². The number of aromatic nitrogens is 3. The number of rotatable bonds is 7. The Hall–Kier alpha value is -2.63. The van der Waals surface area contributed by atoms with Crippen molar-refractivity contribution in [2.45, 2.75) is 81.5 Å². The second kappa shape index (κ2) is 6.93. The zero-order valence-corrected chi connectivity index (χ0v) is 18.5. The third-order valence-electron chi connectivity index (χ3n) is 8.50. The molecule has 2 bridgehead atoms. The minimum absolute atomic E-state index is 0.132. The van der Waals surface area contributed by atoms with E-state index in [9.17, 15) is 0 Å². The first kappa shape index (κ1) is 18.9. The van der Waals surface area contributed by atoms with Gasteiger partial charge in [-0.3, -0.25) is 0 Å². The smallest absolute Gasteiger partial charge is 0.232 e. The van der Waals surface area contributed by atoms with Crippen LogP contribution >= 0.6 is 0 Å². The fourth-order valence-corrected chi connectivity index (χ4v) is 5.82. The summed E-state index contributed by atoms with van der Waals surface area (Å²) in [4.78, 5) is 9.30. The first-order chi connectivity index (χ1) is 15.7. The molecule has 1 N–H and O–H groups in total. The molecule has 5 fully saturated rings. The largest absolute Gasteiger partial charge is 0.440 e. The van der Waals surface area contributed by atoms with E-state index in [1.165, 1.54) is 64.2 Å². The van der Waals surface area contributed by atoms with E-state index in [4.69, 9.17) is 13.9 Å². The minimum Gasteiger partial charge on any atom is -0.440 e. The van der Waals surface area contributed by atoms with Crippen molar-refractivity contribution in [1.82, 2.24) is 15.1 Å². The third kappa shape index (κ3) is 3.26. The molecule has 1 aromatic carbocycles. The third-order valence-corrected chi connectivity index (χ3v) is 8.50. The van der Waals surface area contributed by atoms with Gasteiger partial charge < -0.3 is 14.3 Å². The van der Waals surface area contributed by atoms with Gasteiger partial charge in [0.1, 0.15) is 0 Å². The second-order valence-electron chi connectivity index (χ2n) is 10.8. The molecule has 2 aromatic heterocycles. The van der Waals surface area contributed by atoms with Gasteiger partial charge in [0.15, 0.2) is 17.5 Å². The van der Waals surface area contributed by atoms with Crippen molar-refractivity contribution >= 4 is 5.69 Å². The molecule has 5 aliphatic rings. The summed E-state index contributed by atoms with van der Waals surface area (Å²) in [5, 5.41) is 8.04. The summed E-state index contributed by atoms with van der Waals surface area (Å²) in [6.07, 6.45) is 13.9. The molecule has 0 unspecified atom stereocenters. The van der Waals surface area contributed by atoms with Crippen LogP contribution in [0.25, 0.3) is 11.3 Å². The van der Waals surface area contributed by atoms with Gasteiger partial charge in [-0.15, -0.1) is 0 Å². The van der Waals surface area contributed by atoms with Crippen molar-refractivity contribution in [3.05, 3.63) is 48.1 Å². The van der Waals surface area contributed by atoms with Gasteiger partial charge in [-0.2, -0.15) is 4.98 Å². The second-order valence-corrected chi connectivity index (χ2v) is 10.8. The van der Waals surface area contributed by atoms with E-state index in [1.807, 2.05) is 6.20 Å².